The van der Waals surface area contributed by atoms with Crippen LogP contribution in [-0.2, 0) is 14.8 Å². The quantitative estimate of drug-likeness (QED) is 0.630. The molecule has 1 fully saturated rings. The van der Waals surface area contributed by atoms with Crippen LogP contribution in [0.2, 0.25) is 0 Å². The number of anilines is 1. The fourth-order valence-corrected chi connectivity index (χ4v) is 5.36. The van der Waals surface area contributed by atoms with Crippen LogP contribution >= 0.6 is 0 Å². The van der Waals surface area contributed by atoms with Crippen LogP contribution in [0, 0.1) is 26.7 Å². The van der Waals surface area contributed by atoms with Gasteiger partial charge in [0.05, 0.1) is 4.90 Å². The summed E-state index contributed by atoms with van der Waals surface area (Å²) >= 11 is 0. The van der Waals surface area contributed by atoms with Crippen molar-refractivity contribution < 1.29 is 17.6 Å². The van der Waals surface area contributed by atoms with Crippen molar-refractivity contribution in [3.05, 3.63) is 59.5 Å². The van der Waals surface area contributed by atoms with Crippen LogP contribution in [0.25, 0.3) is 11.5 Å². The number of sulfonamides is 1. The number of nitrogens with zero attached hydrogens (tertiary/aromatic N) is 3. The summed E-state index contributed by atoms with van der Waals surface area (Å²) in [5, 5.41) is 10.6. The van der Waals surface area contributed by atoms with Gasteiger partial charge in [-0.1, -0.05) is 12.1 Å². The molecule has 2 heterocycles. The van der Waals surface area contributed by atoms with Gasteiger partial charge in [-0.05, 0) is 74.6 Å². The number of rotatable bonds is 5. The zero-order valence-corrected chi connectivity index (χ0v) is 19.1. The normalized spacial score (nSPS) is 15.6. The van der Waals surface area contributed by atoms with Gasteiger partial charge in [-0.2, -0.15) is 4.31 Å². The van der Waals surface area contributed by atoms with Gasteiger partial charge < -0.3 is 9.73 Å². The zero-order valence-electron chi connectivity index (χ0n) is 18.3. The van der Waals surface area contributed by atoms with Crippen molar-refractivity contribution in [1.29, 1.82) is 0 Å². The number of amides is 1. The second-order valence-electron chi connectivity index (χ2n) is 8.19. The Morgan fingerprint density at radius 2 is 1.75 bits per heavy atom. The van der Waals surface area contributed by atoms with E-state index in [1.165, 1.54) is 10.7 Å². The molecule has 0 atom stereocenters. The molecule has 0 aliphatic carbocycles. The van der Waals surface area contributed by atoms with Gasteiger partial charge in [-0.25, -0.2) is 8.42 Å². The van der Waals surface area contributed by atoms with Gasteiger partial charge >= 0.3 is 0 Å². The number of benzene rings is 2. The maximum atomic E-state index is 13.0. The number of piperidine rings is 1. The van der Waals surface area contributed by atoms with E-state index in [2.05, 4.69) is 15.5 Å². The van der Waals surface area contributed by atoms with Crippen LogP contribution in [0.1, 0.15) is 29.5 Å². The molecule has 0 bridgehead atoms. The first-order valence-electron chi connectivity index (χ1n) is 10.5. The van der Waals surface area contributed by atoms with Crippen molar-refractivity contribution in [2.24, 2.45) is 5.92 Å². The molecule has 8 nitrogen and oxygen atoms in total. The van der Waals surface area contributed by atoms with Crippen LogP contribution in [-0.4, -0.2) is 41.9 Å². The van der Waals surface area contributed by atoms with E-state index in [1.54, 1.807) is 18.2 Å². The summed E-state index contributed by atoms with van der Waals surface area (Å²) in [4.78, 5) is 13.2. The first-order valence-corrected chi connectivity index (χ1v) is 11.9. The van der Waals surface area contributed by atoms with Crippen molar-refractivity contribution in [2.45, 2.75) is 38.5 Å². The number of aromatic nitrogens is 2. The van der Waals surface area contributed by atoms with Gasteiger partial charge in [-0.3, -0.25) is 4.79 Å². The number of hydrogen-bond donors (Lipinski definition) is 1. The van der Waals surface area contributed by atoms with Crippen LogP contribution < -0.4 is 5.32 Å². The molecule has 2 aromatic carbocycles. The third-order valence-electron chi connectivity index (χ3n) is 6.04. The van der Waals surface area contributed by atoms with E-state index in [4.69, 9.17) is 4.42 Å². The predicted molar refractivity (Wildman–Crippen MR) is 120 cm³/mol. The van der Waals surface area contributed by atoms with Gasteiger partial charge in [0.2, 0.25) is 28.2 Å². The summed E-state index contributed by atoms with van der Waals surface area (Å²) < 4.78 is 32.7. The molecule has 1 aliphatic heterocycles. The lowest BCUT2D eigenvalue weighted by Crippen LogP contribution is -2.41. The Bertz CT molecular complexity index is 1230. The fraction of sp³-hybridized carbons (Fsp3) is 0.348. The average molecular weight is 455 g/mol. The summed E-state index contributed by atoms with van der Waals surface area (Å²) in [5.41, 5.74) is 4.31. The number of nitrogens with one attached hydrogen (secondary N) is 1. The van der Waals surface area contributed by atoms with E-state index < -0.39 is 10.0 Å². The average Bonchev–Trinajstić information content (AvgIpc) is 3.32. The molecule has 9 heteroatoms. The third-order valence-corrected chi connectivity index (χ3v) is 7.94. The smallest absolute Gasteiger partial charge is 0.247 e. The molecule has 1 N–H and O–H groups in total. The summed E-state index contributed by atoms with van der Waals surface area (Å²) in [7, 11) is -3.57. The Morgan fingerprint density at radius 3 is 2.41 bits per heavy atom. The molecule has 0 spiro atoms. The van der Waals surface area contributed by atoms with Crippen LogP contribution in [0.15, 0.2) is 52.1 Å². The second kappa shape index (κ2) is 8.84. The largest absolute Gasteiger partial charge is 0.423 e. The third kappa shape index (κ3) is 4.44. The summed E-state index contributed by atoms with van der Waals surface area (Å²) in [6, 6.07) is 10.7. The minimum atomic E-state index is -3.57. The molecule has 1 saturated heterocycles. The first-order chi connectivity index (χ1) is 15.3. The van der Waals surface area contributed by atoms with Crippen LogP contribution in [0.4, 0.5) is 5.69 Å². The molecule has 0 radical (unpaired) electrons. The SMILES string of the molecule is Cc1ccc(S(=O)(=O)N2CCC(C(=O)Nc3cc(-c4nnco4)ccc3C)CC2)cc1C. The van der Waals surface area contributed by atoms with Crippen molar-refractivity contribution in [3.63, 3.8) is 0 Å². The van der Waals surface area contributed by atoms with Crippen molar-refractivity contribution in [3.8, 4) is 11.5 Å². The van der Waals surface area contributed by atoms with Gasteiger partial charge in [0.1, 0.15) is 0 Å². The lowest BCUT2D eigenvalue weighted by molar-refractivity contribution is -0.120. The summed E-state index contributed by atoms with van der Waals surface area (Å²) in [6.45, 7) is 6.39. The van der Waals surface area contributed by atoms with E-state index in [0.717, 1.165) is 22.3 Å². The molecule has 1 aromatic heterocycles. The van der Waals surface area contributed by atoms with E-state index >= 15 is 0 Å². The number of aryl methyl sites for hydroxylation is 3. The van der Waals surface area contributed by atoms with Crippen molar-refractivity contribution in [1.82, 2.24) is 14.5 Å². The maximum Gasteiger partial charge on any atom is 0.247 e. The Morgan fingerprint density at radius 1 is 1.03 bits per heavy atom. The Kier molecular flexibility index (Phi) is 6.12. The highest BCUT2D eigenvalue weighted by Gasteiger charge is 2.32. The molecule has 1 aliphatic rings. The zero-order chi connectivity index (χ0) is 22.9. The molecular weight excluding hydrogens is 428 g/mol. The Hall–Kier alpha value is -3.04. The summed E-state index contributed by atoms with van der Waals surface area (Å²) in [6.07, 6.45) is 2.20. The maximum absolute atomic E-state index is 13.0. The monoisotopic (exact) mass is 454 g/mol. The van der Waals surface area contributed by atoms with E-state index in [-0.39, 0.29) is 11.8 Å². The molecule has 0 unspecified atom stereocenters. The second-order valence-corrected chi connectivity index (χ2v) is 10.1. The highest BCUT2D eigenvalue weighted by molar-refractivity contribution is 7.89. The van der Waals surface area contributed by atoms with E-state index in [9.17, 15) is 13.2 Å². The molecule has 32 heavy (non-hydrogen) atoms. The number of carbonyl (C=O) groups is 1. The number of carbonyl (C=O) groups excluding carboxylic acids is 1. The highest BCUT2D eigenvalue weighted by Crippen LogP contribution is 2.28. The first kappa shape index (κ1) is 22.2. The van der Waals surface area contributed by atoms with Crippen LogP contribution in [0.3, 0.4) is 0 Å². The van der Waals surface area contributed by atoms with Gasteiger partial charge in [0, 0.05) is 30.3 Å². The van der Waals surface area contributed by atoms with E-state index in [0.29, 0.717) is 42.4 Å². The molecule has 0 saturated carbocycles. The standard InChI is InChI=1S/C23H26N4O4S/c1-15-5-7-20(12-17(15)3)32(29,30)27-10-8-18(9-11-27)22(28)25-21-13-19(6-4-16(21)2)23-26-24-14-31-23/h4-7,12-14,18H,8-11H2,1-3H3,(H,25,28). The van der Waals surface area contributed by atoms with Gasteiger partial charge in [0.15, 0.2) is 0 Å². The van der Waals surface area contributed by atoms with Gasteiger partial charge in [0.25, 0.3) is 0 Å². The Labute approximate surface area is 187 Å². The van der Waals surface area contributed by atoms with E-state index in [1.807, 2.05) is 39.0 Å². The molecule has 4 rings (SSSR count). The molecule has 1 amide bonds. The van der Waals surface area contributed by atoms with Crippen molar-refractivity contribution in [2.75, 3.05) is 18.4 Å². The Balaban J connectivity index is 1.42. The molecule has 168 valence electrons. The minimum Gasteiger partial charge on any atom is -0.423 e. The fourth-order valence-electron chi connectivity index (χ4n) is 3.81. The van der Waals surface area contributed by atoms with Gasteiger partial charge in [-0.15, -0.1) is 10.2 Å². The lowest BCUT2D eigenvalue weighted by Gasteiger charge is -2.30. The molecular formula is C23H26N4O4S. The molecule has 3 aromatic rings. The topological polar surface area (TPSA) is 105 Å². The number of hydrogen-bond acceptors (Lipinski definition) is 6. The van der Waals surface area contributed by atoms with Crippen molar-refractivity contribution >= 4 is 21.6 Å². The minimum absolute atomic E-state index is 0.112. The summed E-state index contributed by atoms with van der Waals surface area (Å²) in [5.74, 6) is 0.0111. The highest BCUT2D eigenvalue weighted by atomic mass is 32.2. The van der Waals surface area contributed by atoms with Crippen LogP contribution in [0.5, 0.6) is 0 Å². The predicted octanol–water partition coefficient (Wildman–Crippen LogP) is 3.70. The lowest BCUT2D eigenvalue weighted by atomic mass is 9.97.